The molecule has 4 aromatic rings. The van der Waals surface area contributed by atoms with Gasteiger partial charge in [-0.1, -0.05) is 34.4 Å². The minimum atomic E-state index is -0.838. The zero-order valence-corrected chi connectivity index (χ0v) is 18.5. The van der Waals surface area contributed by atoms with E-state index in [1.54, 1.807) is 29.1 Å². The predicted octanol–water partition coefficient (Wildman–Crippen LogP) is 5.85. The molecule has 0 radical (unpaired) electrons. The van der Waals surface area contributed by atoms with Crippen LogP contribution in [0.1, 0.15) is 16.8 Å². The summed E-state index contributed by atoms with van der Waals surface area (Å²) in [6.07, 6.45) is 1.42. The molecule has 10 heteroatoms. The van der Waals surface area contributed by atoms with Crippen molar-refractivity contribution in [1.29, 1.82) is 0 Å². The van der Waals surface area contributed by atoms with Gasteiger partial charge in [-0.05, 0) is 30.3 Å². The van der Waals surface area contributed by atoms with Crippen molar-refractivity contribution in [2.24, 2.45) is 5.16 Å². The first kappa shape index (κ1) is 22.1. The van der Waals surface area contributed by atoms with E-state index in [1.165, 1.54) is 40.3 Å². The van der Waals surface area contributed by atoms with Crippen molar-refractivity contribution in [3.63, 3.8) is 0 Å². The molecule has 0 saturated heterocycles. The van der Waals surface area contributed by atoms with Gasteiger partial charge in [0.15, 0.2) is 6.61 Å². The summed E-state index contributed by atoms with van der Waals surface area (Å²) in [6.45, 7) is 0.0474. The minimum Gasteiger partial charge on any atom is -0.389 e. The highest BCUT2D eigenvalue weighted by Gasteiger charge is 2.17. The molecule has 162 valence electrons. The van der Waals surface area contributed by atoms with Crippen LogP contribution in [0.15, 0.2) is 75.6 Å². The molecular formula is C22H13Cl2F2N3O2S. The highest BCUT2D eigenvalue weighted by atomic mass is 35.5. The van der Waals surface area contributed by atoms with E-state index < -0.39 is 17.2 Å². The number of aromatic nitrogens is 2. The molecule has 0 atom stereocenters. The average molecular weight is 492 g/mol. The maximum atomic E-state index is 14.6. The normalized spacial score (nSPS) is 11.6. The van der Waals surface area contributed by atoms with Crippen molar-refractivity contribution >= 4 is 40.3 Å². The first-order valence-corrected chi connectivity index (χ1v) is 10.8. The van der Waals surface area contributed by atoms with Gasteiger partial charge in [-0.3, -0.25) is 9.36 Å². The molecule has 0 bridgehead atoms. The molecule has 0 aliphatic rings. The van der Waals surface area contributed by atoms with Crippen molar-refractivity contribution in [2.45, 2.75) is 6.61 Å². The topological polar surface area (TPSA) is 56.5 Å². The molecule has 2 aromatic carbocycles. The van der Waals surface area contributed by atoms with Crippen LogP contribution in [0.3, 0.4) is 0 Å². The minimum absolute atomic E-state index is 0.0138. The third-order valence-corrected chi connectivity index (χ3v) is 5.65. The summed E-state index contributed by atoms with van der Waals surface area (Å²) < 4.78 is 29.3. The van der Waals surface area contributed by atoms with Crippen molar-refractivity contribution < 1.29 is 13.6 Å². The monoisotopic (exact) mass is 491 g/mol. The van der Waals surface area contributed by atoms with Crippen LogP contribution in [0.5, 0.6) is 0 Å². The van der Waals surface area contributed by atoms with E-state index in [1.807, 2.05) is 0 Å². The third kappa shape index (κ3) is 4.72. The fourth-order valence-corrected chi connectivity index (χ4v) is 4.05. The number of hydrogen-bond donors (Lipinski definition) is 0. The van der Waals surface area contributed by atoms with Crippen LogP contribution in [0, 0.1) is 11.6 Å². The second kappa shape index (κ2) is 9.60. The molecule has 32 heavy (non-hydrogen) atoms. The van der Waals surface area contributed by atoms with Crippen LogP contribution in [-0.4, -0.2) is 15.3 Å². The van der Waals surface area contributed by atoms with Gasteiger partial charge in [0.2, 0.25) is 0 Å². The molecule has 0 aliphatic heterocycles. The average Bonchev–Trinajstić information content (AvgIpc) is 3.27. The lowest BCUT2D eigenvalue weighted by Crippen LogP contribution is -2.20. The summed E-state index contributed by atoms with van der Waals surface area (Å²) in [7, 11) is 0. The molecule has 2 aromatic heterocycles. The van der Waals surface area contributed by atoms with Crippen molar-refractivity contribution in [3.8, 4) is 5.69 Å². The number of oxime groups is 1. The number of halogens is 4. The highest BCUT2D eigenvalue weighted by molar-refractivity contribution is 7.07. The van der Waals surface area contributed by atoms with Gasteiger partial charge in [-0.2, -0.15) is 0 Å². The maximum Gasteiger partial charge on any atom is 0.255 e. The van der Waals surface area contributed by atoms with E-state index in [-0.39, 0.29) is 33.6 Å². The van der Waals surface area contributed by atoms with Gasteiger partial charge in [0.1, 0.15) is 17.3 Å². The molecule has 5 nitrogen and oxygen atoms in total. The summed E-state index contributed by atoms with van der Waals surface area (Å²) in [5.41, 5.74) is 2.51. The number of hydrogen-bond acceptors (Lipinski definition) is 5. The second-order valence-corrected chi connectivity index (χ2v) is 8.05. The lowest BCUT2D eigenvalue weighted by molar-refractivity contribution is 0.128. The van der Waals surface area contributed by atoms with Crippen LogP contribution in [0.4, 0.5) is 8.78 Å². The van der Waals surface area contributed by atoms with Crippen LogP contribution in [-0.2, 0) is 11.4 Å². The summed E-state index contributed by atoms with van der Waals surface area (Å²) in [5, 5.41) is 6.37. The third-order valence-electron chi connectivity index (χ3n) is 4.40. The van der Waals surface area contributed by atoms with Crippen LogP contribution >= 0.6 is 34.5 Å². The number of rotatable bonds is 6. The van der Waals surface area contributed by atoms with Crippen molar-refractivity contribution in [3.05, 3.63) is 114 Å². The number of nitrogens with zero attached hydrogens (tertiary/aromatic N) is 3. The smallest absolute Gasteiger partial charge is 0.255 e. The Morgan fingerprint density at radius 1 is 1.12 bits per heavy atom. The summed E-state index contributed by atoms with van der Waals surface area (Å²) >= 11 is 13.9. The maximum absolute atomic E-state index is 14.6. The van der Waals surface area contributed by atoms with Gasteiger partial charge in [-0.25, -0.2) is 13.8 Å². The molecule has 0 spiro atoms. The molecule has 0 aliphatic carbocycles. The largest absolute Gasteiger partial charge is 0.389 e. The first-order valence-electron chi connectivity index (χ1n) is 9.14. The van der Waals surface area contributed by atoms with Gasteiger partial charge in [0.05, 0.1) is 26.9 Å². The molecule has 0 fully saturated rings. The Balaban J connectivity index is 1.83. The summed E-state index contributed by atoms with van der Waals surface area (Å²) in [5.74, 6) is -1.57. The standard InChI is InChI=1S/C22H13Cl2F2N3O2S/c23-17-2-1-3-18(24)22(17)29-9-13(4-7-20(29)30)21(16-6-5-14(25)8-19(16)26)28-31-10-15-11-32-12-27-15/h1-9,11-12H,10H2. The van der Waals surface area contributed by atoms with E-state index in [4.69, 9.17) is 28.0 Å². The van der Waals surface area contributed by atoms with Gasteiger partial charge in [-0.15, -0.1) is 11.3 Å². The van der Waals surface area contributed by atoms with Crippen molar-refractivity contribution in [1.82, 2.24) is 9.55 Å². The Labute approximate surface area is 195 Å². The van der Waals surface area contributed by atoms with Crippen LogP contribution in [0.25, 0.3) is 5.69 Å². The lowest BCUT2D eigenvalue weighted by atomic mass is 10.0. The van der Waals surface area contributed by atoms with E-state index in [0.29, 0.717) is 11.3 Å². The van der Waals surface area contributed by atoms with E-state index in [0.717, 1.165) is 12.1 Å². The summed E-state index contributed by atoms with van der Waals surface area (Å²) in [4.78, 5) is 22.0. The molecule has 4 rings (SSSR count). The fourth-order valence-electron chi connectivity index (χ4n) is 2.93. The molecule has 0 amide bonds. The van der Waals surface area contributed by atoms with E-state index >= 15 is 0 Å². The lowest BCUT2D eigenvalue weighted by Gasteiger charge is -2.13. The fraction of sp³-hybridized carbons (Fsp3) is 0.0455. The van der Waals surface area contributed by atoms with E-state index in [2.05, 4.69) is 10.1 Å². The zero-order chi connectivity index (χ0) is 22.7. The predicted molar refractivity (Wildman–Crippen MR) is 121 cm³/mol. The highest BCUT2D eigenvalue weighted by Crippen LogP contribution is 2.28. The van der Waals surface area contributed by atoms with Crippen LogP contribution in [0.2, 0.25) is 10.0 Å². The molecule has 0 N–H and O–H groups in total. The Morgan fingerprint density at radius 3 is 2.59 bits per heavy atom. The second-order valence-electron chi connectivity index (χ2n) is 6.51. The first-order chi connectivity index (χ1) is 15.4. The Bertz CT molecular complexity index is 1340. The molecule has 0 saturated carbocycles. The van der Waals surface area contributed by atoms with Crippen LogP contribution < -0.4 is 5.56 Å². The number of thiazole rings is 1. The van der Waals surface area contributed by atoms with Gasteiger partial charge < -0.3 is 4.84 Å². The SMILES string of the molecule is O=c1ccc(C(=NOCc2cscn2)c2ccc(F)cc2F)cn1-c1c(Cl)cccc1Cl. The van der Waals surface area contributed by atoms with Crippen molar-refractivity contribution in [2.75, 3.05) is 0 Å². The summed E-state index contributed by atoms with van der Waals surface area (Å²) in [6, 6.07) is 10.6. The number of para-hydroxylation sites is 1. The zero-order valence-electron chi connectivity index (χ0n) is 16.1. The Morgan fingerprint density at radius 2 is 1.91 bits per heavy atom. The Hall–Kier alpha value is -3.07. The molecular weight excluding hydrogens is 479 g/mol. The Kier molecular flexibility index (Phi) is 6.64. The number of benzene rings is 2. The number of pyridine rings is 1. The van der Waals surface area contributed by atoms with Gasteiger partial charge >= 0.3 is 0 Å². The molecule has 2 heterocycles. The van der Waals surface area contributed by atoms with E-state index in [9.17, 15) is 13.6 Å². The quantitative estimate of drug-likeness (QED) is 0.251. The van der Waals surface area contributed by atoms with Gasteiger partial charge in [0.25, 0.3) is 5.56 Å². The van der Waals surface area contributed by atoms with Gasteiger partial charge in [0, 0.05) is 34.8 Å². The molecule has 0 unspecified atom stereocenters.